The van der Waals surface area contributed by atoms with Crippen LogP contribution in [-0.2, 0) is 10.8 Å². The number of hydrogen-bond acceptors (Lipinski definition) is 2. The third-order valence-electron chi connectivity index (χ3n) is 2.36. The van der Waals surface area contributed by atoms with E-state index in [1.165, 1.54) is 0 Å². The predicted octanol–water partition coefficient (Wildman–Crippen LogP) is 2.48. The van der Waals surface area contributed by atoms with Gasteiger partial charge in [-0.05, 0) is 37.1 Å². The summed E-state index contributed by atoms with van der Waals surface area (Å²) >= 11 is 0. The Morgan fingerprint density at radius 1 is 1.50 bits per heavy atom. The molecule has 0 aliphatic rings. The van der Waals surface area contributed by atoms with Crippen molar-refractivity contribution in [1.29, 1.82) is 0 Å². The van der Waals surface area contributed by atoms with Gasteiger partial charge in [0.15, 0.2) is 0 Å². The summed E-state index contributed by atoms with van der Waals surface area (Å²) < 4.78 is 12.0. The molecule has 0 amide bonds. The average molecular weight is 211 g/mol. The van der Waals surface area contributed by atoms with Crippen molar-refractivity contribution in [1.82, 2.24) is 0 Å². The molecule has 1 aromatic rings. The zero-order valence-electron chi connectivity index (χ0n) is 8.91. The number of nitrogens with two attached hydrogens (primary N) is 1. The van der Waals surface area contributed by atoms with Crippen molar-refractivity contribution in [3.05, 3.63) is 23.8 Å². The lowest BCUT2D eigenvalue weighted by Gasteiger charge is -2.11. The van der Waals surface area contributed by atoms with E-state index in [0.29, 0.717) is 0 Å². The molecular formula is C11H17NOS. The van der Waals surface area contributed by atoms with E-state index in [9.17, 15) is 4.21 Å². The second-order valence-corrected chi connectivity index (χ2v) is 5.38. The molecule has 0 heterocycles. The number of hydrogen-bond donors (Lipinski definition) is 1. The Labute approximate surface area is 88.0 Å². The van der Waals surface area contributed by atoms with Gasteiger partial charge in [-0.15, -0.1) is 0 Å². The lowest BCUT2D eigenvalue weighted by Crippen LogP contribution is -2.10. The molecular weight excluding hydrogens is 194 g/mol. The molecule has 0 radical (unpaired) electrons. The third kappa shape index (κ3) is 2.35. The summed E-state index contributed by atoms with van der Waals surface area (Å²) in [5.41, 5.74) is 7.38. The number of anilines is 1. The minimum Gasteiger partial charge on any atom is -0.399 e. The highest BCUT2D eigenvalue weighted by molar-refractivity contribution is 7.85. The van der Waals surface area contributed by atoms with Crippen molar-refractivity contribution in [2.45, 2.75) is 37.3 Å². The van der Waals surface area contributed by atoms with Gasteiger partial charge in [0.25, 0.3) is 0 Å². The van der Waals surface area contributed by atoms with Gasteiger partial charge < -0.3 is 5.73 Å². The van der Waals surface area contributed by atoms with Crippen molar-refractivity contribution < 1.29 is 4.21 Å². The topological polar surface area (TPSA) is 43.1 Å². The highest BCUT2D eigenvalue weighted by Gasteiger charge is 2.13. The van der Waals surface area contributed by atoms with Crippen molar-refractivity contribution in [3.8, 4) is 0 Å². The van der Waals surface area contributed by atoms with Crippen LogP contribution >= 0.6 is 0 Å². The first-order valence-electron chi connectivity index (χ1n) is 4.83. The third-order valence-corrected chi connectivity index (χ3v) is 4.31. The van der Waals surface area contributed by atoms with Crippen LogP contribution in [-0.4, -0.2) is 9.46 Å². The van der Waals surface area contributed by atoms with Gasteiger partial charge in [0.05, 0.1) is 10.8 Å². The van der Waals surface area contributed by atoms with Crippen molar-refractivity contribution in [3.63, 3.8) is 0 Å². The predicted molar refractivity (Wildman–Crippen MR) is 61.8 cm³/mol. The summed E-state index contributed by atoms with van der Waals surface area (Å²) in [6, 6.07) is 5.55. The fourth-order valence-corrected chi connectivity index (χ4v) is 2.58. The van der Waals surface area contributed by atoms with E-state index in [-0.39, 0.29) is 5.25 Å². The summed E-state index contributed by atoms with van der Waals surface area (Å²) in [4.78, 5) is 0.911. The second kappa shape index (κ2) is 4.60. The largest absolute Gasteiger partial charge is 0.399 e. The molecule has 1 rings (SSSR count). The minimum absolute atomic E-state index is 0.206. The number of rotatable bonds is 3. The maximum Gasteiger partial charge on any atom is 0.0560 e. The smallest absolute Gasteiger partial charge is 0.0560 e. The molecule has 2 nitrogen and oxygen atoms in total. The number of nitrogen functional groups attached to an aromatic ring is 1. The highest BCUT2D eigenvalue weighted by atomic mass is 32.2. The fourth-order valence-electron chi connectivity index (χ4n) is 1.27. The summed E-state index contributed by atoms with van der Waals surface area (Å²) in [5.74, 6) is 0. The molecule has 0 aliphatic carbocycles. The number of benzene rings is 1. The van der Waals surface area contributed by atoms with Crippen molar-refractivity contribution >= 4 is 16.5 Å². The van der Waals surface area contributed by atoms with Crippen molar-refractivity contribution in [2.75, 3.05) is 5.73 Å². The van der Waals surface area contributed by atoms with Crippen LogP contribution in [0.3, 0.4) is 0 Å². The lowest BCUT2D eigenvalue weighted by atomic mass is 10.2. The van der Waals surface area contributed by atoms with Crippen LogP contribution in [0.2, 0.25) is 0 Å². The highest BCUT2D eigenvalue weighted by Crippen LogP contribution is 2.19. The number of aryl methyl sites for hydroxylation is 1. The first-order valence-corrected chi connectivity index (χ1v) is 6.04. The van der Waals surface area contributed by atoms with Crippen LogP contribution in [0.25, 0.3) is 0 Å². The molecule has 14 heavy (non-hydrogen) atoms. The van der Waals surface area contributed by atoms with Gasteiger partial charge in [-0.25, -0.2) is 0 Å². The Hall–Kier alpha value is -0.830. The van der Waals surface area contributed by atoms with Gasteiger partial charge in [0.2, 0.25) is 0 Å². The molecule has 78 valence electrons. The van der Waals surface area contributed by atoms with Crippen LogP contribution in [0.4, 0.5) is 5.69 Å². The molecule has 2 N–H and O–H groups in total. The first-order chi connectivity index (χ1) is 6.56. The maximum atomic E-state index is 12.0. The van der Waals surface area contributed by atoms with Gasteiger partial charge in [0, 0.05) is 15.8 Å². The second-order valence-electron chi connectivity index (χ2n) is 3.54. The Balaban J connectivity index is 3.02. The van der Waals surface area contributed by atoms with Gasteiger partial charge in [0.1, 0.15) is 0 Å². The van der Waals surface area contributed by atoms with E-state index in [4.69, 9.17) is 5.73 Å². The summed E-state index contributed by atoms with van der Waals surface area (Å²) in [6.45, 7) is 6.01. The Morgan fingerprint density at radius 2 is 2.14 bits per heavy atom. The molecule has 3 heteroatoms. The summed E-state index contributed by atoms with van der Waals surface area (Å²) in [5, 5.41) is 0.206. The molecule has 0 spiro atoms. The molecule has 1 aromatic carbocycles. The van der Waals surface area contributed by atoms with E-state index < -0.39 is 10.8 Å². The Bertz CT molecular complexity index is 349. The fraction of sp³-hybridized carbons (Fsp3) is 0.455. The zero-order chi connectivity index (χ0) is 10.7. The van der Waals surface area contributed by atoms with Crippen molar-refractivity contribution in [2.24, 2.45) is 0 Å². The van der Waals surface area contributed by atoms with Gasteiger partial charge >= 0.3 is 0 Å². The van der Waals surface area contributed by atoms with E-state index >= 15 is 0 Å². The summed E-state index contributed by atoms with van der Waals surface area (Å²) in [6.07, 6.45) is 0.927. The van der Waals surface area contributed by atoms with Crippen LogP contribution in [0.5, 0.6) is 0 Å². The minimum atomic E-state index is -0.904. The standard InChI is InChI=1S/C11H17NOS/c1-4-9(3)14(13)11-6-5-10(12)7-8(11)2/h5-7,9H,4,12H2,1-3H3. The molecule has 0 bridgehead atoms. The Morgan fingerprint density at radius 3 is 2.64 bits per heavy atom. The van der Waals surface area contributed by atoms with Crippen LogP contribution in [0.1, 0.15) is 25.8 Å². The molecule has 0 fully saturated rings. The molecule has 0 saturated carbocycles. The molecule has 2 atom stereocenters. The molecule has 0 aromatic heterocycles. The van der Waals surface area contributed by atoms with Gasteiger partial charge in [-0.2, -0.15) is 0 Å². The van der Waals surface area contributed by atoms with E-state index in [0.717, 1.165) is 22.6 Å². The normalized spacial score (nSPS) is 15.1. The quantitative estimate of drug-likeness (QED) is 0.780. The van der Waals surface area contributed by atoms with E-state index in [2.05, 4.69) is 6.92 Å². The molecule has 2 unspecified atom stereocenters. The Kier molecular flexibility index (Phi) is 3.69. The van der Waals surface area contributed by atoms with Gasteiger partial charge in [-0.3, -0.25) is 4.21 Å². The SMILES string of the molecule is CCC(C)S(=O)c1ccc(N)cc1C. The first kappa shape index (κ1) is 11.2. The monoisotopic (exact) mass is 211 g/mol. The maximum absolute atomic E-state index is 12.0. The average Bonchev–Trinajstić information content (AvgIpc) is 2.15. The van der Waals surface area contributed by atoms with Crippen LogP contribution in [0, 0.1) is 6.92 Å². The van der Waals surface area contributed by atoms with E-state index in [1.54, 1.807) is 0 Å². The molecule has 0 aliphatic heterocycles. The lowest BCUT2D eigenvalue weighted by molar-refractivity contribution is 0.670. The van der Waals surface area contributed by atoms with Crippen LogP contribution < -0.4 is 5.73 Å². The summed E-state index contributed by atoms with van der Waals surface area (Å²) in [7, 11) is -0.904. The van der Waals surface area contributed by atoms with E-state index in [1.807, 2.05) is 32.0 Å². The molecule has 0 saturated heterocycles. The van der Waals surface area contributed by atoms with Gasteiger partial charge in [-0.1, -0.05) is 13.8 Å². The zero-order valence-corrected chi connectivity index (χ0v) is 9.73. The van der Waals surface area contributed by atoms with Crippen LogP contribution in [0.15, 0.2) is 23.1 Å².